The second-order valence-electron chi connectivity index (χ2n) is 6.19. The predicted octanol–water partition coefficient (Wildman–Crippen LogP) is 5.84. The smallest absolute Gasteiger partial charge is 0.139 e. The third-order valence-corrected chi connectivity index (χ3v) is 5.67. The highest BCUT2D eigenvalue weighted by Gasteiger charge is 2.34. The zero-order valence-corrected chi connectivity index (χ0v) is 14.7. The molecule has 114 valence electrons. The lowest BCUT2D eigenvalue weighted by atomic mass is 9.97. The van der Waals surface area contributed by atoms with Gasteiger partial charge in [-0.05, 0) is 53.6 Å². The zero-order chi connectivity index (χ0) is 15.3. The van der Waals surface area contributed by atoms with E-state index in [1.54, 1.807) is 0 Å². The van der Waals surface area contributed by atoms with Crippen LogP contribution in [0.5, 0.6) is 0 Å². The molecule has 2 nitrogen and oxygen atoms in total. The molecule has 0 saturated heterocycles. The molecule has 2 aromatic rings. The molecule has 5 heteroatoms. The van der Waals surface area contributed by atoms with Crippen molar-refractivity contribution in [3.63, 3.8) is 0 Å². The summed E-state index contributed by atoms with van der Waals surface area (Å²) in [6.45, 7) is 6.51. The van der Waals surface area contributed by atoms with Crippen molar-refractivity contribution in [3.8, 4) is 0 Å². The maximum atomic E-state index is 13.8. The molecule has 0 spiro atoms. The van der Waals surface area contributed by atoms with Gasteiger partial charge in [-0.25, -0.2) is 9.37 Å². The van der Waals surface area contributed by atoms with Crippen molar-refractivity contribution in [1.82, 2.24) is 9.55 Å². The number of nitrogens with zero attached hydrogens (tertiary/aromatic N) is 2. The number of benzene rings is 1. The fourth-order valence-corrected chi connectivity index (χ4v) is 3.93. The lowest BCUT2D eigenvalue weighted by Crippen LogP contribution is -2.17. The first-order chi connectivity index (χ1) is 9.90. The molecule has 1 aliphatic carbocycles. The third-order valence-electron chi connectivity index (χ3n) is 4.87. The van der Waals surface area contributed by atoms with Gasteiger partial charge in [0.1, 0.15) is 11.6 Å². The van der Waals surface area contributed by atoms with Crippen LogP contribution in [0, 0.1) is 17.7 Å². The van der Waals surface area contributed by atoms with E-state index in [4.69, 9.17) is 11.6 Å². The number of hydrogen-bond donors (Lipinski definition) is 0. The molecule has 21 heavy (non-hydrogen) atoms. The van der Waals surface area contributed by atoms with Crippen molar-refractivity contribution < 1.29 is 4.39 Å². The Morgan fingerprint density at radius 1 is 1.38 bits per heavy atom. The normalized spacial score (nSPS) is 27.4. The van der Waals surface area contributed by atoms with E-state index in [1.165, 1.54) is 12.5 Å². The van der Waals surface area contributed by atoms with Gasteiger partial charge >= 0.3 is 0 Å². The van der Waals surface area contributed by atoms with Gasteiger partial charge in [0.05, 0.1) is 20.9 Å². The molecule has 1 heterocycles. The van der Waals surface area contributed by atoms with E-state index in [0.717, 1.165) is 17.8 Å². The number of rotatable bonds is 2. The number of alkyl halides is 1. The summed E-state index contributed by atoms with van der Waals surface area (Å²) in [5.74, 6) is 1.82. The third kappa shape index (κ3) is 2.50. The number of hydrogen-bond acceptors (Lipinski definition) is 1. The minimum Gasteiger partial charge on any atom is -0.323 e. The molecule has 0 N–H and O–H groups in total. The van der Waals surface area contributed by atoms with Gasteiger partial charge in [0.2, 0.25) is 0 Å². The van der Waals surface area contributed by atoms with E-state index in [-0.39, 0.29) is 11.2 Å². The van der Waals surface area contributed by atoms with Crippen LogP contribution in [0.4, 0.5) is 4.39 Å². The Bertz CT molecular complexity index is 682. The summed E-state index contributed by atoms with van der Waals surface area (Å²) in [6, 6.07) is 3.70. The zero-order valence-electron chi connectivity index (χ0n) is 12.4. The van der Waals surface area contributed by atoms with Crippen LogP contribution >= 0.6 is 27.5 Å². The minimum atomic E-state index is -0.284. The van der Waals surface area contributed by atoms with Crippen molar-refractivity contribution in [1.29, 1.82) is 0 Å². The second kappa shape index (κ2) is 5.54. The molecule has 0 bridgehead atoms. The Morgan fingerprint density at radius 3 is 2.67 bits per heavy atom. The summed E-state index contributed by atoms with van der Waals surface area (Å²) in [4.78, 5) is 4.59. The van der Waals surface area contributed by atoms with Crippen LogP contribution in [0.2, 0.25) is 0 Å². The fraction of sp³-hybridized carbons (Fsp3) is 0.562. The van der Waals surface area contributed by atoms with E-state index in [0.29, 0.717) is 27.9 Å². The monoisotopic (exact) mass is 372 g/mol. The van der Waals surface area contributed by atoms with Gasteiger partial charge in [-0.15, -0.1) is 11.6 Å². The van der Waals surface area contributed by atoms with Crippen LogP contribution in [-0.2, 0) is 0 Å². The topological polar surface area (TPSA) is 17.8 Å². The molecular formula is C16H19BrClFN2. The van der Waals surface area contributed by atoms with Crippen LogP contribution in [0.25, 0.3) is 11.0 Å². The lowest BCUT2D eigenvalue weighted by Gasteiger charge is -2.23. The highest BCUT2D eigenvalue weighted by Crippen LogP contribution is 2.43. The van der Waals surface area contributed by atoms with Crippen molar-refractivity contribution in [2.75, 3.05) is 0 Å². The van der Waals surface area contributed by atoms with Crippen LogP contribution in [0.3, 0.4) is 0 Å². The Balaban J connectivity index is 2.23. The van der Waals surface area contributed by atoms with Crippen molar-refractivity contribution in [3.05, 3.63) is 28.2 Å². The molecular weight excluding hydrogens is 355 g/mol. The highest BCUT2D eigenvalue weighted by atomic mass is 79.9. The molecule has 1 fully saturated rings. The average molecular weight is 374 g/mol. The van der Waals surface area contributed by atoms with Crippen LogP contribution in [0.15, 0.2) is 16.6 Å². The molecule has 4 atom stereocenters. The van der Waals surface area contributed by atoms with Crippen molar-refractivity contribution in [2.24, 2.45) is 11.8 Å². The molecule has 0 amide bonds. The Hall–Kier alpha value is -0.610. The van der Waals surface area contributed by atoms with Crippen LogP contribution in [-0.4, -0.2) is 9.55 Å². The SMILES string of the molecule is CC(Cl)c1nc2cc(F)c(Br)cc2n1C1CCC(C)C1C. The van der Waals surface area contributed by atoms with E-state index < -0.39 is 0 Å². The van der Waals surface area contributed by atoms with Crippen LogP contribution in [0.1, 0.15) is 50.9 Å². The molecule has 1 aromatic heterocycles. The summed E-state index contributed by atoms with van der Waals surface area (Å²) in [5.41, 5.74) is 1.65. The molecule has 0 aliphatic heterocycles. The molecule has 0 radical (unpaired) electrons. The molecule has 4 unspecified atom stereocenters. The number of fused-ring (bicyclic) bond motifs is 1. The average Bonchev–Trinajstić information content (AvgIpc) is 2.93. The van der Waals surface area contributed by atoms with Gasteiger partial charge in [0.15, 0.2) is 0 Å². The fourth-order valence-electron chi connectivity index (χ4n) is 3.44. The first-order valence-corrected chi connectivity index (χ1v) is 8.64. The minimum absolute atomic E-state index is 0.192. The summed E-state index contributed by atoms with van der Waals surface area (Å²) in [6.07, 6.45) is 2.34. The number of halogens is 3. The van der Waals surface area contributed by atoms with E-state index >= 15 is 0 Å². The predicted molar refractivity (Wildman–Crippen MR) is 88.3 cm³/mol. The molecule has 3 rings (SSSR count). The second-order valence-corrected chi connectivity index (χ2v) is 7.70. The Labute approximate surface area is 137 Å². The summed E-state index contributed by atoms with van der Waals surface area (Å²) in [5, 5.41) is -0.192. The standard InChI is InChI=1S/C16H19BrClFN2/c1-8-4-5-14(9(8)2)21-15-6-11(17)12(19)7-13(15)20-16(21)10(3)18/h6-10,14H,4-5H2,1-3H3. The largest absolute Gasteiger partial charge is 0.323 e. The summed E-state index contributed by atoms with van der Waals surface area (Å²) >= 11 is 9.62. The maximum absolute atomic E-state index is 13.8. The maximum Gasteiger partial charge on any atom is 0.139 e. The highest BCUT2D eigenvalue weighted by molar-refractivity contribution is 9.10. The van der Waals surface area contributed by atoms with Crippen molar-refractivity contribution in [2.45, 2.75) is 45.0 Å². The van der Waals surface area contributed by atoms with Gasteiger partial charge in [-0.1, -0.05) is 13.8 Å². The van der Waals surface area contributed by atoms with E-state index in [1.807, 2.05) is 13.0 Å². The first kappa shape index (κ1) is 15.3. The summed E-state index contributed by atoms with van der Waals surface area (Å²) in [7, 11) is 0. The van der Waals surface area contributed by atoms with Gasteiger partial charge in [0, 0.05) is 12.1 Å². The van der Waals surface area contributed by atoms with Gasteiger partial charge in [-0.3, -0.25) is 0 Å². The molecule has 1 aliphatic rings. The first-order valence-electron chi connectivity index (χ1n) is 7.41. The van der Waals surface area contributed by atoms with E-state index in [2.05, 4.69) is 39.3 Å². The lowest BCUT2D eigenvalue weighted by molar-refractivity contribution is 0.352. The number of imidazole rings is 1. The van der Waals surface area contributed by atoms with Gasteiger partial charge in [-0.2, -0.15) is 0 Å². The summed E-state index contributed by atoms with van der Waals surface area (Å²) < 4.78 is 16.5. The Morgan fingerprint density at radius 2 is 2.10 bits per heavy atom. The van der Waals surface area contributed by atoms with Gasteiger partial charge < -0.3 is 4.57 Å². The quantitative estimate of drug-likeness (QED) is 0.604. The Kier molecular flexibility index (Phi) is 4.04. The van der Waals surface area contributed by atoms with E-state index in [9.17, 15) is 4.39 Å². The molecule has 1 aromatic carbocycles. The van der Waals surface area contributed by atoms with Crippen molar-refractivity contribution >= 4 is 38.6 Å². The number of aromatic nitrogens is 2. The van der Waals surface area contributed by atoms with Gasteiger partial charge in [0.25, 0.3) is 0 Å². The van der Waals surface area contributed by atoms with Crippen LogP contribution < -0.4 is 0 Å². The molecule has 1 saturated carbocycles.